The van der Waals surface area contributed by atoms with Crippen LogP contribution in [0.2, 0.25) is 5.02 Å². The van der Waals surface area contributed by atoms with Gasteiger partial charge < -0.3 is 19.8 Å². The minimum Gasteiger partial charge on any atom is -0.388 e. The number of aryl methyl sites for hydroxylation is 1. The maximum Gasteiger partial charge on any atom is 0.257 e. The van der Waals surface area contributed by atoms with Gasteiger partial charge >= 0.3 is 0 Å². The maximum absolute atomic E-state index is 12.8. The number of hydrogen-bond donors (Lipinski definition) is 2. The number of rotatable bonds is 5. The number of aliphatic hydroxyl groups is 1. The lowest BCUT2D eigenvalue weighted by molar-refractivity contribution is -0.0254. The number of halogens is 1. The van der Waals surface area contributed by atoms with E-state index in [9.17, 15) is 9.90 Å². The van der Waals surface area contributed by atoms with Gasteiger partial charge in [0.05, 0.1) is 10.6 Å². The number of aromatic nitrogens is 1. The molecule has 146 valence electrons. The van der Waals surface area contributed by atoms with Crippen molar-refractivity contribution in [3.05, 3.63) is 40.6 Å². The molecular formula is C20H26ClN3O3. The normalized spacial score (nSPS) is 17.3. The molecule has 1 aromatic heterocycles. The summed E-state index contributed by atoms with van der Waals surface area (Å²) in [7, 11) is 0. The van der Waals surface area contributed by atoms with Gasteiger partial charge in [0.2, 0.25) is 0 Å². The lowest BCUT2D eigenvalue weighted by Gasteiger charge is -2.40. The predicted molar refractivity (Wildman–Crippen MR) is 105 cm³/mol. The van der Waals surface area contributed by atoms with E-state index in [0.717, 1.165) is 13.1 Å². The molecule has 2 N–H and O–H groups in total. The topological polar surface area (TPSA) is 78.6 Å². The van der Waals surface area contributed by atoms with Crippen LogP contribution in [-0.4, -0.2) is 52.3 Å². The Morgan fingerprint density at radius 1 is 1.37 bits per heavy atom. The Hall–Kier alpha value is -1.89. The quantitative estimate of drug-likeness (QED) is 0.817. The van der Waals surface area contributed by atoms with Crippen molar-refractivity contribution in [1.82, 2.24) is 15.4 Å². The van der Waals surface area contributed by atoms with Crippen molar-refractivity contribution in [3.8, 4) is 11.3 Å². The number of piperidine rings is 1. The molecule has 0 unspecified atom stereocenters. The third-order valence-electron chi connectivity index (χ3n) is 5.26. The van der Waals surface area contributed by atoms with E-state index in [1.807, 2.05) is 12.1 Å². The minimum absolute atomic E-state index is 0.199. The number of nitrogens with one attached hydrogen (secondary N) is 1. The Morgan fingerprint density at radius 3 is 2.67 bits per heavy atom. The third-order valence-corrected chi connectivity index (χ3v) is 5.59. The number of likely N-dealkylation sites (tertiary alicyclic amines) is 1. The van der Waals surface area contributed by atoms with Crippen LogP contribution in [0.15, 0.2) is 28.8 Å². The Bertz CT molecular complexity index is 811. The summed E-state index contributed by atoms with van der Waals surface area (Å²) in [6.45, 7) is 7.83. The molecule has 0 spiro atoms. The molecule has 6 nitrogen and oxygen atoms in total. The Labute approximate surface area is 164 Å². The molecular weight excluding hydrogens is 366 g/mol. The monoisotopic (exact) mass is 391 g/mol. The minimum atomic E-state index is -0.892. The van der Waals surface area contributed by atoms with Crippen LogP contribution in [0.4, 0.5) is 0 Å². The van der Waals surface area contributed by atoms with E-state index >= 15 is 0 Å². The van der Waals surface area contributed by atoms with E-state index in [2.05, 4.69) is 29.2 Å². The zero-order chi connectivity index (χ0) is 19.6. The summed E-state index contributed by atoms with van der Waals surface area (Å²) >= 11 is 6.25. The summed E-state index contributed by atoms with van der Waals surface area (Å²) < 4.78 is 5.24. The molecule has 0 saturated carbocycles. The molecule has 2 aromatic rings. The molecule has 27 heavy (non-hydrogen) atoms. The van der Waals surface area contributed by atoms with Crippen LogP contribution in [-0.2, 0) is 0 Å². The SMILES string of the molecule is Cc1onc(-c2ccccc2Cl)c1C(=O)NCC1(O)CCN(C(C)C)CC1. The van der Waals surface area contributed by atoms with Gasteiger partial charge in [-0.3, -0.25) is 4.79 Å². The number of amides is 1. The fourth-order valence-electron chi connectivity index (χ4n) is 3.44. The number of hydrogen-bond acceptors (Lipinski definition) is 5. The van der Waals surface area contributed by atoms with Gasteiger partial charge in [0.15, 0.2) is 0 Å². The zero-order valence-corrected chi connectivity index (χ0v) is 16.7. The lowest BCUT2D eigenvalue weighted by atomic mass is 9.90. The number of carbonyl (C=O) groups is 1. The largest absolute Gasteiger partial charge is 0.388 e. The van der Waals surface area contributed by atoms with Crippen LogP contribution in [0.25, 0.3) is 11.3 Å². The van der Waals surface area contributed by atoms with Crippen molar-refractivity contribution in [2.24, 2.45) is 0 Å². The van der Waals surface area contributed by atoms with E-state index in [1.54, 1.807) is 19.1 Å². The van der Waals surface area contributed by atoms with Crippen molar-refractivity contribution in [3.63, 3.8) is 0 Å². The smallest absolute Gasteiger partial charge is 0.257 e. The molecule has 1 aliphatic rings. The first kappa shape index (κ1) is 19.9. The van der Waals surface area contributed by atoms with Crippen molar-refractivity contribution >= 4 is 17.5 Å². The average Bonchev–Trinajstić information content (AvgIpc) is 3.02. The van der Waals surface area contributed by atoms with Gasteiger partial charge in [-0.05, 0) is 39.7 Å². The summed E-state index contributed by atoms with van der Waals surface area (Å²) in [5.41, 5.74) is 0.519. The summed E-state index contributed by atoms with van der Waals surface area (Å²) in [5, 5.41) is 18.2. The Kier molecular flexibility index (Phi) is 5.89. The van der Waals surface area contributed by atoms with Crippen LogP contribution in [0.5, 0.6) is 0 Å². The second kappa shape index (κ2) is 8.00. The van der Waals surface area contributed by atoms with Gasteiger partial charge in [0, 0.05) is 31.2 Å². The first-order valence-electron chi connectivity index (χ1n) is 9.26. The molecule has 1 fully saturated rings. The molecule has 1 aromatic carbocycles. The van der Waals surface area contributed by atoms with Crippen molar-refractivity contribution in [2.45, 2.75) is 45.3 Å². The molecule has 0 bridgehead atoms. The van der Waals surface area contributed by atoms with Gasteiger partial charge in [0.1, 0.15) is 17.0 Å². The van der Waals surface area contributed by atoms with Gasteiger partial charge in [0.25, 0.3) is 5.91 Å². The number of carbonyl (C=O) groups excluding carboxylic acids is 1. The summed E-state index contributed by atoms with van der Waals surface area (Å²) in [4.78, 5) is 15.1. The van der Waals surface area contributed by atoms with E-state index in [1.165, 1.54) is 0 Å². The summed E-state index contributed by atoms with van der Waals surface area (Å²) in [6.07, 6.45) is 1.26. The highest BCUT2D eigenvalue weighted by atomic mass is 35.5. The van der Waals surface area contributed by atoms with Crippen molar-refractivity contribution in [2.75, 3.05) is 19.6 Å². The number of nitrogens with zero attached hydrogens (tertiary/aromatic N) is 2. The Morgan fingerprint density at radius 2 is 2.04 bits per heavy atom. The highest BCUT2D eigenvalue weighted by Crippen LogP contribution is 2.31. The fraction of sp³-hybridized carbons (Fsp3) is 0.500. The molecule has 0 aliphatic carbocycles. The van der Waals surface area contributed by atoms with E-state index in [4.69, 9.17) is 16.1 Å². The molecule has 2 heterocycles. The molecule has 1 amide bonds. The second-order valence-electron chi connectivity index (χ2n) is 7.48. The molecule has 0 atom stereocenters. The maximum atomic E-state index is 12.8. The van der Waals surface area contributed by atoms with Crippen LogP contribution in [0.3, 0.4) is 0 Å². The van der Waals surface area contributed by atoms with Crippen molar-refractivity contribution < 1.29 is 14.4 Å². The standard InChI is InChI=1S/C20H26ClN3O3/c1-13(2)24-10-8-20(26,9-11-24)12-22-19(25)17-14(3)27-23-18(17)15-6-4-5-7-16(15)21/h4-7,13,26H,8-12H2,1-3H3,(H,22,25). The van der Waals surface area contributed by atoms with E-state index in [0.29, 0.717) is 46.5 Å². The number of benzene rings is 1. The van der Waals surface area contributed by atoms with E-state index < -0.39 is 5.60 Å². The zero-order valence-electron chi connectivity index (χ0n) is 16.0. The first-order chi connectivity index (χ1) is 12.8. The van der Waals surface area contributed by atoms with E-state index in [-0.39, 0.29) is 12.5 Å². The molecule has 1 aliphatic heterocycles. The van der Waals surface area contributed by atoms with Crippen LogP contribution < -0.4 is 5.32 Å². The van der Waals surface area contributed by atoms with Crippen LogP contribution in [0, 0.1) is 6.92 Å². The molecule has 3 rings (SSSR count). The summed E-state index contributed by atoms with van der Waals surface area (Å²) in [6, 6.07) is 7.65. The van der Waals surface area contributed by atoms with Crippen LogP contribution in [0.1, 0.15) is 42.8 Å². The summed E-state index contributed by atoms with van der Waals surface area (Å²) in [5.74, 6) is 0.104. The van der Waals surface area contributed by atoms with Crippen LogP contribution >= 0.6 is 11.6 Å². The second-order valence-corrected chi connectivity index (χ2v) is 7.89. The first-order valence-corrected chi connectivity index (χ1v) is 9.64. The Balaban J connectivity index is 1.71. The molecule has 1 saturated heterocycles. The highest BCUT2D eigenvalue weighted by Gasteiger charge is 2.34. The van der Waals surface area contributed by atoms with Gasteiger partial charge in [-0.2, -0.15) is 0 Å². The highest BCUT2D eigenvalue weighted by molar-refractivity contribution is 6.33. The molecule has 0 radical (unpaired) electrons. The molecule has 7 heteroatoms. The average molecular weight is 392 g/mol. The fourth-order valence-corrected chi connectivity index (χ4v) is 3.67. The predicted octanol–water partition coefficient (Wildman–Crippen LogP) is 3.27. The van der Waals surface area contributed by atoms with Gasteiger partial charge in [-0.1, -0.05) is 35.0 Å². The van der Waals surface area contributed by atoms with Crippen molar-refractivity contribution in [1.29, 1.82) is 0 Å². The lowest BCUT2D eigenvalue weighted by Crippen LogP contribution is -2.52. The van der Waals surface area contributed by atoms with Gasteiger partial charge in [-0.15, -0.1) is 0 Å². The third kappa shape index (κ3) is 4.34. The van der Waals surface area contributed by atoms with Gasteiger partial charge in [-0.25, -0.2) is 0 Å².